The molecule has 7 nitrogen and oxygen atoms in total. The Morgan fingerprint density at radius 2 is 2.39 bits per heavy atom. The van der Waals surface area contributed by atoms with Gasteiger partial charge in [-0.15, -0.1) is 0 Å². The molecule has 18 heavy (non-hydrogen) atoms. The molecule has 2 heterocycles. The number of nitrogens with zero attached hydrogens (tertiary/aromatic N) is 3. The van der Waals surface area contributed by atoms with E-state index in [4.69, 9.17) is 10.5 Å². The summed E-state index contributed by atoms with van der Waals surface area (Å²) in [5.74, 6) is 0.688. The van der Waals surface area contributed by atoms with Crippen LogP contribution >= 0.6 is 0 Å². The van der Waals surface area contributed by atoms with Crippen molar-refractivity contribution in [2.24, 2.45) is 0 Å². The number of aryl methyl sites for hydroxylation is 2. The summed E-state index contributed by atoms with van der Waals surface area (Å²) in [6.45, 7) is 2.64. The number of anilines is 1. The number of aromatic nitrogens is 4. The second kappa shape index (κ2) is 5.35. The Bertz CT molecular complexity index is 518. The molecule has 2 aromatic heterocycles. The maximum absolute atomic E-state index is 11.5. The lowest BCUT2D eigenvalue weighted by atomic mass is 10.4. The van der Waals surface area contributed by atoms with Crippen LogP contribution in [0.1, 0.15) is 23.2 Å². The smallest absolute Gasteiger partial charge is 0.360 e. The third-order valence-electron chi connectivity index (χ3n) is 2.49. The van der Waals surface area contributed by atoms with E-state index < -0.39 is 5.97 Å². The van der Waals surface area contributed by atoms with Crippen molar-refractivity contribution in [1.82, 2.24) is 19.5 Å². The second-order valence-electron chi connectivity index (χ2n) is 3.68. The van der Waals surface area contributed by atoms with Crippen LogP contribution in [0, 0.1) is 0 Å². The summed E-state index contributed by atoms with van der Waals surface area (Å²) in [5, 5.41) is 0. The van der Waals surface area contributed by atoms with Gasteiger partial charge in [0.15, 0.2) is 5.69 Å². The number of hydrogen-bond acceptors (Lipinski definition) is 5. The molecule has 0 spiro atoms. The van der Waals surface area contributed by atoms with E-state index in [-0.39, 0.29) is 5.69 Å². The van der Waals surface area contributed by atoms with Crippen molar-refractivity contribution < 1.29 is 9.53 Å². The Balaban J connectivity index is 2.04. The van der Waals surface area contributed by atoms with E-state index in [2.05, 4.69) is 15.0 Å². The molecule has 0 radical (unpaired) electrons. The molecule has 2 aromatic rings. The highest BCUT2D eigenvalue weighted by Gasteiger charge is 2.16. The Morgan fingerprint density at radius 3 is 3.06 bits per heavy atom. The van der Waals surface area contributed by atoms with Crippen LogP contribution in [-0.2, 0) is 17.7 Å². The van der Waals surface area contributed by atoms with Crippen molar-refractivity contribution in [2.45, 2.75) is 19.9 Å². The number of nitrogen functional groups attached to an aromatic ring is 1. The molecule has 96 valence electrons. The molecule has 0 saturated carbocycles. The summed E-state index contributed by atoms with van der Waals surface area (Å²) >= 11 is 0. The van der Waals surface area contributed by atoms with Crippen LogP contribution in [0.15, 0.2) is 18.7 Å². The van der Waals surface area contributed by atoms with Gasteiger partial charge in [0.25, 0.3) is 0 Å². The molecule has 7 heteroatoms. The van der Waals surface area contributed by atoms with Gasteiger partial charge in [0, 0.05) is 25.4 Å². The molecule has 0 fully saturated rings. The van der Waals surface area contributed by atoms with Gasteiger partial charge >= 0.3 is 5.97 Å². The van der Waals surface area contributed by atoms with Gasteiger partial charge in [-0.2, -0.15) is 0 Å². The van der Waals surface area contributed by atoms with Gasteiger partial charge in [-0.05, 0) is 6.92 Å². The van der Waals surface area contributed by atoms with Crippen LogP contribution in [0.3, 0.4) is 0 Å². The van der Waals surface area contributed by atoms with Crippen molar-refractivity contribution in [2.75, 3.05) is 12.3 Å². The molecule has 0 aromatic carbocycles. The highest BCUT2D eigenvalue weighted by atomic mass is 16.5. The molecule has 0 unspecified atom stereocenters. The molecule has 0 aliphatic rings. The number of nitrogens with one attached hydrogen (secondary N) is 1. The molecule has 0 aliphatic heterocycles. The predicted molar refractivity (Wildman–Crippen MR) is 64.9 cm³/mol. The number of carbonyl (C=O) groups excluding carboxylic acids is 1. The van der Waals surface area contributed by atoms with E-state index in [0.717, 1.165) is 5.82 Å². The van der Waals surface area contributed by atoms with E-state index >= 15 is 0 Å². The molecular weight excluding hydrogens is 234 g/mol. The number of hydrogen-bond donors (Lipinski definition) is 2. The minimum Gasteiger partial charge on any atom is -0.461 e. The zero-order valence-electron chi connectivity index (χ0n) is 10.1. The lowest BCUT2D eigenvalue weighted by Crippen LogP contribution is -2.11. The van der Waals surface area contributed by atoms with E-state index in [1.807, 2.05) is 0 Å². The molecule has 0 bridgehead atoms. The topological polar surface area (TPSA) is 98.8 Å². The molecule has 2 rings (SSSR count). The number of aromatic amines is 1. The fraction of sp³-hybridized carbons (Fsp3) is 0.364. The summed E-state index contributed by atoms with van der Waals surface area (Å²) in [7, 11) is 0. The van der Waals surface area contributed by atoms with Crippen LogP contribution in [0.2, 0.25) is 0 Å². The van der Waals surface area contributed by atoms with Crippen molar-refractivity contribution in [3.8, 4) is 0 Å². The maximum Gasteiger partial charge on any atom is 0.360 e. The number of imidazole rings is 2. The first kappa shape index (κ1) is 12.2. The van der Waals surface area contributed by atoms with Gasteiger partial charge in [0.1, 0.15) is 11.6 Å². The largest absolute Gasteiger partial charge is 0.461 e. The van der Waals surface area contributed by atoms with Crippen LogP contribution in [0.5, 0.6) is 0 Å². The average molecular weight is 249 g/mol. The van der Waals surface area contributed by atoms with Gasteiger partial charge in [-0.3, -0.25) is 0 Å². The molecule has 3 N–H and O–H groups in total. The summed E-state index contributed by atoms with van der Waals surface area (Å²) < 4.78 is 6.56. The number of nitrogens with two attached hydrogens (primary N) is 1. The quantitative estimate of drug-likeness (QED) is 0.756. The van der Waals surface area contributed by atoms with E-state index in [1.54, 1.807) is 23.9 Å². The van der Waals surface area contributed by atoms with E-state index in [9.17, 15) is 4.79 Å². The van der Waals surface area contributed by atoms with Crippen LogP contribution in [-0.4, -0.2) is 32.1 Å². The first-order valence-corrected chi connectivity index (χ1v) is 5.68. The standard InChI is InChI=1S/C11H15N5O2/c1-2-18-11(17)9-10(12)16(7-15-9)6-3-8-13-4-5-14-8/h4-5,7H,2-3,6,12H2,1H3,(H,13,14). The van der Waals surface area contributed by atoms with Gasteiger partial charge in [0.2, 0.25) is 0 Å². The molecular formula is C11H15N5O2. The van der Waals surface area contributed by atoms with Crippen molar-refractivity contribution in [1.29, 1.82) is 0 Å². The van der Waals surface area contributed by atoms with Gasteiger partial charge in [-0.25, -0.2) is 14.8 Å². The Labute approximate surface area is 104 Å². The lowest BCUT2D eigenvalue weighted by Gasteiger charge is -2.04. The van der Waals surface area contributed by atoms with E-state index in [0.29, 0.717) is 25.4 Å². The molecule has 0 saturated heterocycles. The first-order chi connectivity index (χ1) is 8.72. The fourth-order valence-electron chi connectivity index (χ4n) is 1.59. The van der Waals surface area contributed by atoms with Crippen molar-refractivity contribution >= 4 is 11.8 Å². The Hall–Kier alpha value is -2.31. The number of carbonyl (C=O) groups is 1. The Kier molecular flexibility index (Phi) is 3.61. The third kappa shape index (κ3) is 2.50. The normalized spacial score (nSPS) is 10.5. The number of ether oxygens (including phenoxy) is 1. The second-order valence-corrected chi connectivity index (χ2v) is 3.68. The van der Waals surface area contributed by atoms with Gasteiger partial charge in [0.05, 0.1) is 12.9 Å². The van der Waals surface area contributed by atoms with Gasteiger partial charge in [-0.1, -0.05) is 0 Å². The summed E-state index contributed by atoms with van der Waals surface area (Å²) in [4.78, 5) is 22.6. The average Bonchev–Trinajstić information content (AvgIpc) is 2.96. The molecule has 0 atom stereocenters. The summed E-state index contributed by atoms with van der Waals surface area (Å²) in [6.07, 6.45) is 5.67. The highest BCUT2D eigenvalue weighted by Crippen LogP contribution is 2.12. The monoisotopic (exact) mass is 249 g/mol. The van der Waals surface area contributed by atoms with Crippen LogP contribution in [0.4, 0.5) is 5.82 Å². The summed E-state index contributed by atoms with van der Waals surface area (Å²) in [5.41, 5.74) is 6.01. The van der Waals surface area contributed by atoms with Gasteiger partial charge < -0.3 is 20.0 Å². The van der Waals surface area contributed by atoms with Crippen molar-refractivity contribution in [3.63, 3.8) is 0 Å². The van der Waals surface area contributed by atoms with Crippen LogP contribution in [0.25, 0.3) is 0 Å². The molecule has 0 aliphatic carbocycles. The minimum atomic E-state index is -0.494. The Morgan fingerprint density at radius 1 is 1.56 bits per heavy atom. The van der Waals surface area contributed by atoms with Crippen molar-refractivity contribution in [3.05, 3.63) is 30.2 Å². The number of rotatable bonds is 5. The lowest BCUT2D eigenvalue weighted by molar-refractivity contribution is 0.0521. The predicted octanol–water partition coefficient (Wildman–Crippen LogP) is 0.608. The van der Waals surface area contributed by atoms with E-state index in [1.165, 1.54) is 6.33 Å². The first-order valence-electron chi connectivity index (χ1n) is 5.68. The zero-order valence-corrected chi connectivity index (χ0v) is 10.1. The summed E-state index contributed by atoms with van der Waals surface area (Å²) in [6, 6.07) is 0. The fourth-order valence-corrected chi connectivity index (χ4v) is 1.59. The third-order valence-corrected chi connectivity index (χ3v) is 2.49. The SMILES string of the molecule is CCOC(=O)c1ncn(CCc2ncc[nH]2)c1N. The van der Waals surface area contributed by atoms with Crippen LogP contribution < -0.4 is 5.73 Å². The number of esters is 1. The maximum atomic E-state index is 11.5. The highest BCUT2D eigenvalue weighted by molar-refractivity contribution is 5.92. The number of H-pyrrole nitrogens is 1. The molecule has 0 amide bonds. The zero-order chi connectivity index (χ0) is 13.0. The minimum absolute atomic E-state index is 0.163.